The number of fused-ring (bicyclic) bond motifs is 1. The van der Waals surface area contributed by atoms with Crippen LogP contribution < -0.4 is 5.73 Å². The van der Waals surface area contributed by atoms with Crippen molar-refractivity contribution in [2.24, 2.45) is 12.8 Å². The van der Waals surface area contributed by atoms with Crippen molar-refractivity contribution in [3.8, 4) is 0 Å². The Kier molecular flexibility index (Phi) is 1.71. The monoisotopic (exact) mass is 204 g/mol. The van der Waals surface area contributed by atoms with Crippen LogP contribution in [-0.4, -0.2) is 19.5 Å². The fourth-order valence-corrected chi connectivity index (χ4v) is 2.06. The molecule has 15 heavy (non-hydrogen) atoms. The third kappa shape index (κ3) is 1.45. The molecule has 2 aromatic heterocycles. The van der Waals surface area contributed by atoms with Crippen molar-refractivity contribution in [3.63, 3.8) is 0 Å². The maximum Gasteiger partial charge on any atom is 0.213 e. The van der Waals surface area contributed by atoms with Gasteiger partial charge in [-0.2, -0.15) is 0 Å². The van der Waals surface area contributed by atoms with Crippen LogP contribution in [0.15, 0.2) is 18.6 Å². The molecule has 3 rings (SSSR count). The molecule has 4 nitrogen and oxygen atoms in total. The van der Waals surface area contributed by atoms with Crippen LogP contribution in [0.5, 0.6) is 0 Å². The highest BCUT2D eigenvalue weighted by Crippen LogP contribution is 2.36. The average molecular weight is 204 g/mol. The summed E-state index contributed by atoms with van der Waals surface area (Å²) >= 11 is 0. The van der Waals surface area contributed by atoms with Gasteiger partial charge in [-0.05, 0) is 25.7 Å². The van der Waals surface area contributed by atoms with Gasteiger partial charge in [0.15, 0.2) is 0 Å². The maximum absolute atomic E-state index is 6.08. The van der Waals surface area contributed by atoms with Crippen molar-refractivity contribution >= 4 is 5.78 Å². The predicted molar refractivity (Wildman–Crippen MR) is 58.6 cm³/mol. The lowest BCUT2D eigenvalue weighted by Gasteiger charge is -2.07. The summed E-state index contributed by atoms with van der Waals surface area (Å²) in [5, 5.41) is 0. The van der Waals surface area contributed by atoms with Crippen LogP contribution in [0.3, 0.4) is 0 Å². The van der Waals surface area contributed by atoms with Gasteiger partial charge in [-0.25, -0.2) is 4.98 Å². The number of nitrogens with zero attached hydrogens (tertiary/aromatic N) is 3. The average Bonchev–Trinajstić information content (AvgIpc) is 2.69. The van der Waals surface area contributed by atoms with Crippen molar-refractivity contribution < 1.29 is 0 Å². The Morgan fingerprint density at radius 2 is 2.33 bits per heavy atom. The highest BCUT2D eigenvalue weighted by atomic mass is 15.2. The standard InChI is InChI=1S/C11H16N4/c1-14-9(2-3-11(12)4-5-11)8-15-7-6-13-10(14)15/h6-8H,2-5,12H2,1H3. The lowest BCUT2D eigenvalue weighted by Crippen LogP contribution is -2.22. The van der Waals surface area contributed by atoms with Gasteiger partial charge in [-0.1, -0.05) is 0 Å². The van der Waals surface area contributed by atoms with Crippen LogP contribution in [0.4, 0.5) is 0 Å². The van der Waals surface area contributed by atoms with Crippen LogP contribution in [-0.2, 0) is 13.5 Å². The van der Waals surface area contributed by atoms with E-state index in [4.69, 9.17) is 5.73 Å². The number of imidazole rings is 2. The van der Waals surface area contributed by atoms with E-state index in [0.29, 0.717) is 0 Å². The topological polar surface area (TPSA) is 48.2 Å². The first-order chi connectivity index (χ1) is 7.18. The molecule has 2 N–H and O–H groups in total. The van der Waals surface area contributed by atoms with E-state index in [0.717, 1.165) is 18.6 Å². The first-order valence-corrected chi connectivity index (χ1v) is 5.44. The van der Waals surface area contributed by atoms with Crippen molar-refractivity contribution in [2.45, 2.75) is 31.2 Å². The summed E-state index contributed by atoms with van der Waals surface area (Å²) in [6, 6.07) is 0. The van der Waals surface area contributed by atoms with Gasteiger partial charge in [-0.15, -0.1) is 0 Å². The van der Waals surface area contributed by atoms with Gasteiger partial charge in [0.05, 0.1) is 0 Å². The largest absolute Gasteiger partial charge is 0.325 e. The number of aromatic nitrogens is 3. The molecule has 80 valence electrons. The fourth-order valence-electron chi connectivity index (χ4n) is 2.06. The Morgan fingerprint density at radius 1 is 1.53 bits per heavy atom. The van der Waals surface area contributed by atoms with Gasteiger partial charge in [0, 0.05) is 36.9 Å². The van der Waals surface area contributed by atoms with Crippen LogP contribution in [0.2, 0.25) is 0 Å². The third-order valence-electron chi connectivity index (χ3n) is 3.44. The Labute approximate surface area is 88.7 Å². The van der Waals surface area contributed by atoms with Crippen LogP contribution in [0.25, 0.3) is 5.78 Å². The van der Waals surface area contributed by atoms with Crippen LogP contribution in [0.1, 0.15) is 25.0 Å². The molecular formula is C11H16N4. The van der Waals surface area contributed by atoms with Crippen LogP contribution in [0, 0.1) is 0 Å². The fraction of sp³-hybridized carbons (Fsp3) is 0.545. The molecule has 1 aliphatic carbocycles. The summed E-state index contributed by atoms with van der Waals surface area (Å²) in [5.74, 6) is 1.01. The minimum atomic E-state index is 0.145. The Morgan fingerprint density at radius 3 is 3.00 bits per heavy atom. The normalized spacial score (nSPS) is 18.5. The summed E-state index contributed by atoms with van der Waals surface area (Å²) in [6.45, 7) is 0. The summed E-state index contributed by atoms with van der Waals surface area (Å²) < 4.78 is 4.21. The zero-order valence-electron chi connectivity index (χ0n) is 8.98. The van der Waals surface area contributed by atoms with Gasteiger partial charge in [-0.3, -0.25) is 4.40 Å². The minimum Gasteiger partial charge on any atom is -0.325 e. The van der Waals surface area contributed by atoms with Gasteiger partial charge >= 0.3 is 0 Å². The molecule has 0 amide bonds. The Balaban J connectivity index is 1.84. The van der Waals surface area contributed by atoms with Crippen molar-refractivity contribution in [2.75, 3.05) is 0 Å². The molecular weight excluding hydrogens is 188 g/mol. The molecule has 1 saturated carbocycles. The molecule has 0 aliphatic heterocycles. The lowest BCUT2D eigenvalue weighted by molar-refractivity contribution is 0.595. The van der Waals surface area contributed by atoms with Gasteiger partial charge in [0.2, 0.25) is 5.78 Å². The van der Waals surface area contributed by atoms with Crippen molar-refractivity contribution in [1.82, 2.24) is 14.0 Å². The van der Waals surface area contributed by atoms with Gasteiger partial charge < -0.3 is 10.3 Å². The zero-order chi connectivity index (χ0) is 10.5. The number of rotatable bonds is 3. The minimum absolute atomic E-state index is 0.145. The van der Waals surface area contributed by atoms with E-state index in [1.807, 2.05) is 12.4 Å². The van der Waals surface area contributed by atoms with E-state index in [-0.39, 0.29) is 5.54 Å². The number of hydrogen-bond acceptors (Lipinski definition) is 2. The molecule has 0 aromatic carbocycles. The van der Waals surface area contributed by atoms with E-state index in [9.17, 15) is 0 Å². The van der Waals surface area contributed by atoms with E-state index in [1.54, 1.807) is 0 Å². The van der Waals surface area contributed by atoms with E-state index >= 15 is 0 Å². The molecule has 0 saturated heterocycles. The number of hydrogen-bond donors (Lipinski definition) is 1. The van der Waals surface area contributed by atoms with Crippen molar-refractivity contribution in [3.05, 3.63) is 24.3 Å². The highest BCUT2D eigenvalue weighted by molar-refractivity contribution is 5.33. The molecule has 2 heterocycles. The molecule has 1 aliphatic rings. The van der Waals surface area contributed by atoms with E-state index in [2.05, 4.69) is 27.2 Å². The summed E-state index contributed by atoms with van der Waals surface area (Å²) in [6.07, 6.45) is 10.5. The van der Waals surface area contributed by atoms with E-state index in [1.165, 1.54) is 18.5 Å². The molecule has 0 bridgehead atoms. The Hall–Kier alpha value is -1.29. The first kappa shape index (κ1) is 8.97. The lowest BCUT2D eigenvalue weighted by atomic mass is 10.1. The smallest absolute Gasteiger partial charge is 0.213 e. The summed E-state index contributed by atoms with van der Waals surface area (Å²) in [5.41, 5.74) is 7.54. The number of aryl methyl sites for hydroxylation is 2. The molecule has 4 heteroatoms. The molecule has 1 fully saturated rings. The SMILES string of the molecule is Cn1c(CCC2(N)CC2)cn2ccnc12. The van der Waals surface area contributed by atoms with Crippen molar-refractivity contribution in [1.29, 1.82) is 0 Å². The second kappa shape index (κ2) is 2.85. The second-order valence-corrected chi connectivity index (χ2v) is 4.68. The molecule has 0 atom stereocenters. The highest BCUT2D eigenvalue weighted by Gasteiger charge is 2.37. The maximum atomic E-state index is 6.08. The predicted octanol–water partition coefficient (Wildman–Crippen LogP) is 1.10. The zero-order valence-corrected chi connectivity index (χ0v) is 8.98. The van der Waals surface area contributed by atoms with Gasteiger partial charge in [0.25, 0.3) is 0 Å². The summed E-state index contributed by atoms with van der Waals surface area (Å²) in [7, 11) is 2.06. The third-order valence-corrected chi connectivity index (χ3v) is 3.44. The summed E-state index contributed by atoms with van der Waals surface area (Å²) in [4.78, 5) is 4.29. The molecule has 0 radical (unpaired) electrons. The molecule has 0 unspecified atom stereocenters. The van der Waals surface area contributed by atoms with Gasteiger partial charge in [0.1, 0.15) is 0 Å². The van der Waals surface area contributed by atoms with Crippen LogP contribution >= 0.6 is 0 Å². The second-order valence-electron chi connectivity index (χ2n) is 4.68. The first-order valence-electron chi connectivity index (χ1n) is 5.44. The molecule has 0 spiro atoms. The molecule has 2 aromatic rings. The van der Waals surface area contributed by atoms with E-state index < -0.39 is 0 Å². The Bertz CT molecular complexity index is 490. The number of nitrogens with two attached hydrogens (primary N) is 1. The quantitative estimate of drug-likeness (QED) is 0.813.